The first-order valence-electron chi connectivity index (χ1n) is 6.26. The van der Waals surface area contributed by atoms with E-state index < -0.39 is 11.6 Å². The zero-order chi connectivity index (χ0) is 14.6. The second-order valence-corrected chi connectivity index (χ2v) is 5.59. The summed E-state index contributed by atoms with van der Waals surface area (Å²) in [6.45, 7) is 9.08. The first-order valence-corrected chi connectivity index (χ1v) is 6.26. The molecule has 0 saturated heterocycles. The first-order chi connectivity index (χ1) is 8.69. The van der Waals surface area contributed by atoms with Gasteiger partial charge in [0.05, 0.1) is 0 Å². The van der Waals surface area contributed by atoms with Gasteiger partial charge in [-0.05, 0) is 46.2 Å². The van der Waals surface area contributed by atoms with Crippen LogP contribution in [0.2, 0.25) is 0 Å². The number of ether oxygens (including phenoxy) is 1. The fourth-order valence-electron chi connectivity index (χ4n) is 1.69. The summed E-state index contributed by atoms with van der Waals surface area (Å²) in [7, 11) is 0. The molecule has 0 fully saturated rings. The molecule has 1 aromatic carbocycles. The van der Waals surface area contributed by atoms with Crippen molar-refractivity contribution in [2.24, 2.45) is 0 Å². The van der Waals surface area contributed by atoms with E-state index in [0.717, 1.165) is 11.1 Å². The van der Waals surface area contributed by atoms with Gasteiger partial charge in [0.15, 0.2) is 0 Å². The molecule has 104 valence electrons. The van der Waals surface area contributed by atoms with Crippen LogP contribution >= 0.6 is 0 Å². The Bertz CT molecular complexity index is 487. The molecule has 1 amide bonds. The van der Waals surface area contributed by atoms with Gasteiger partial charge in [-0.25, -0.2) is 0 Å². The third-order valence-electron chi connectivity index (χ3n) is 2.44. The van der Waals surface area contributed by atoms with Crippen LogP contribution in [0.1, 0.15) is 42.3 Å². The molecule has 0 unspecified atom stereocenters. The van der Waals surface area contributed by atoms with Gasteiger partial charge in [-0.2, -0.15) is 0 Å². The largest absolute Gasteiger partial charge is 0.459 e. The maximum atomic E-state index is 11.9. The van der Waals surface area contributed by atoms with Crippen LogP contribution < -0.4 is 5.32 Å². The van der Waals surface area contributed by atoms with Crippen molar-refractivity contribution in [2.75, 3.05) is 6.54 Å². The summed E-state index contributed by atoms with van der Waals surface area (Å²) in [4.78, 5) is 23.4. The van der Waals surface area contributed by atoms with Gasteiger partial charge < -0.3 is 10.1 Å². The van der Waals surface area contributed by atoms with Gasteiger partial charge in [-0.1, -0.05) is 17.7 Å². The van der Waals surface area contributed by atoms with Crippen LogP contribution in [-0.2, 0) is 9.53 Å². The molecule has 0 radical (unpaired) electrons. The molecule has 0 spiro atoms. The van der Waals surface area contributed by atoms with Crippen molar-refractivity contribution in [3.8, 4) is 0 Å². The molecule has 0 aromatic heterocycles. The number of benzene rings is 1. The van der Waals surface area contributed by atoms with E-state index >= 15 is 0 Å². The van der Waals surface area contributed by atoms with Gasteiger partial charge in [-0.3, -0.25) is 9.59 Å². The zero-order valence-electron chi connectivity index (χ0n) is 12.2. The molecule has 0 aliphatic carbocycles. The fraction of sp³-hybridized carbons (Fsp3) is 0.467. The van der Waals surface area contributed by atoms with Gasteiger partial charge >= 0.3 is 5.97 Å². The maximum absolute atomic E-state index is 11.9. The number of aryl methyl sites for hydroxylation is 2. The van der Waals surface area contributed by atoms with E-state index in [4.69, 9.17) is 4.74 Å². The minimum absolute atomic E-state index is 0.122. The Morgan fingerprint density at radius 3 is 2.37 bits per heavy atom. The highest BCUT2D eigenvalue weighted by atomic mass is 16.6. The van der Waals surface area contributed by atoms with Crippen LogP contribution in [0.4, 0.5) is 0 Å². The monoisotopic (exact) mass is 263 g/mol. The third-order valence-corrected chi connectivity index (χ3v) is 2.44. The predicted molar refractivity (Wildman–Crippen MR) is 74.1 cm³/mol. The zero-order valence-corrected chi connectivity index (χ0v) is 12.2. The third kappa shape index (κ3) is 5.12. The van der Waals surface area contributed by atoms with Crippen molar-refractivity contribution in [3.63, 3.8) is 0 Å². The molecule has 1 N–H and O–H groups in total. The summed E-state index contributed by atoms with van der Waals surface area (Å²) in [5.74, 6) is -0.700. The van der Waals surface area contributed by atoms with Gasteiger partial charge in [0.25, 0.3) is 5.91 Å². The molecule has 0 aliphatic heterocycles. The van der Waals surface area contributed by atoms with Crippen molar-refractivity contribution in [1.82, 2.24) is 5.32 Å². The topological polar surface area (TPSA) is 55.4 Å². The lowest BCUT2D eigenvalue weighted by Gasteiger charge is -2.19. The van der Waals surface area contributed by atoms with E-state index in [0.29, 0.717) is 5.56 Å². The molecule has 0 saturated carbocycles. The molecule has 4 nitrogen and oxygen atoms in total. The minimum Gasteiger partial charge on any atom is -0.459 e. The van der Waals surface area contributed by atoms with Crippen LogP contribution in [-0.4, -0.2) is 24.0 Å². The molecule has 0 aliphatic rings. The lowest BCUT2D eigenvalue weighted by atomic mass is 10.1. The highest BCUT2D eigenvalue weighted by Crippen LogP contribution is 2.10. The number of rotatable bonds is 3. The van der Waals surface area contributed by atoms with Gasteiger partial charge in [0.2, 0.25) is 0 Å². The van der Waals surface area contributed by atoms with Crippen LogP contribution in [0.3, 0.4) is 0 Å². The summed E-state index contributed by atoms with van der Waals surface area (Å²) < 4.78 is 5.12. The Balaban J connectivity index is 2.59. The normalized spacial score (nSPS) is 11.0. The van der Waals surface area contributed by atoms with Crippen molar-refractivity contribution >= 4 is 11.9 Å². The number of amides is 1. The summed E-state index contributed by atoms with van der Waals surface area (Å²) in [6, 6.07) is 5.56. The number of esters is 1. The van der Waals surface area contributed by atoms with Gasteiger partial charge in [-0.15, -0.1) is 0 Å². The van der Waals surface area contributed by atoms with Crippen molar-refractivity contribution in [3.05, 3.63) is 34.9 Å². The smallest absolute Gasteiger partial charge is 0.325 e. The predicted octanol–water partition coefficient (Wildman–Crippen LogP) is 2.37. The molecule has 0 bridgehead atoms. The van der Waals surface area contributed by atoms with Gasteiger partial charge in [0, 0.05) is 5.56 Å². The second kappa shape index (κ2) is 5.87. The Morgan fingerprint density at radius 2 is 1.84 bits per heavy atom. The van der Waals surface area contributed by atoms with E-state index in [1.807, 2.05) is 26.0 Å². The number of nitrogens with one attached hydrogen (secondary N) is 1. The molecule has 19 heavy (non-hydrogen) atoms. The Hall–Kier alpha value is -1.84. The molecular weight excluding hydrogens is 242 g/mol. The van der Waals surface area contributed by atoms with E-state index in [2.05, 4.69) is 5.32 Å². The lowest BCUT2D eigenvalue weighted by Crippen LogP contribution is -2.34. The molecule has 0 heterocycles. The van der Waals surface area contributed by atoms with Crippen LogP contribution in [0, 0.1) is 13.8 Å². The fourth-order valence-corrected chi connectivity index (χ4v) is 1.69. The molecule has 0 atom stereocenters. The molecule has 1 rings (SSSR count). The summed E-state index contributed by atoms with van der Waals surface area (Å²) in [5, 5.41) is 2.57. The quantitative estimate of drug-likeness (QED) is 0.852. The Kier molecular flexibility index (Phi) is 4.70. The maximum Gasteiger partial charge on any atom is 0.325 e. The Morgan fingerprint density at radius 1 is 1.21 bits per heavy atom. The summed E-state index contributed by atoms with van der Waals surface area (Å²) in [5.41, 5.74) is 2.03. The van der Waals surface area contributed by atoms with Crippen molar-refractivity contribution in [2.45, 2.75) is 40.2 Å². The number of carbonyl (C=O) groups is 2. The van der Waals surface area contributed by atoms with Crippen LogP contribution in [0.25, 0.3) is 0 Å². The number of hydrogen-bond acceptors (Lipinski definition) is 3. The number of carbonyl (C=O) groups excluding carboxylic acids is 2. The average Bonchev–Trinajstić information content (AvgIpc) is 2.23. The van der Waals surface area contributed by atoms with Crippen LogP contribution in [0.15, 0.2) is 18.2 Å². The molecular formula is C15H21NO3. The second-order valence-electron chi connectivity index (χ2n) is 5.59. The highest BCUT2D eigenvalue weighted by Gasteiger charge is 2.17. The van der Waals surface area contributed by atoms with E-state index in [-0.39, 0.29) is 12.5 Å². The van der Waals surface area contributed by atoms with Crippen molar-refractivity contribution in [1.29, 1.82) is 0 Å². The summed E-state index contributed by atoms with van der Waals surface area (Å²) in [6.07, 6.45) is 0. The van der Waals surface area contributed by atoms with E-state index in [9.17, 15) is 9.59 Å². The van der Waals surface area contributed by atoms with Gasteiger partial charge in [0.1, 0.15) is 12.1 Å². The molecule has 1 aromatic rings. The van der Waals surface area contributed by atoms with Crippen molar-refractivity contribution < 1.29 is 14.3 Å². The first kappa shape index (κ1) is 15.2. The standard InChI is InChI=1S/C15H21NO3/c1-10-6-7-12(11(2)8-10)14(18)16-9-13(17)19-15(3,4)5/h6-8H,9H2,1-5H3,(H,16,18). The average molecular weight is 263 g/mol. The SMILES string of the molecule is Cc1ccc(C(=O)NCC(=O)OC(C)(C)C)c(C)c1. The minimum atomic E-state index is -0.540. The summed E-state index contributed by atoms with van der Waals surface area (Å²) >= 11 is 0. The highest BCUT2D eigenvalue weighted by molar-refractivity contribution is 5.97. The van der Waals surface area contributed by atoms with E-state index in [1.165, 1.54) is 0 Å². The van der Waals surface area contributed by atoms with Crippen LogP contribution in [0.5, 0.6) is 0 Å². The van der Waals surface area contributed by atoms with E-state index in [1.54, 1.807) is 26.8 Å². The Labute approximate surface area is 114 Å². The molecule has 4 heteroatoms. The lowest BCUT2D eigenvalue weighted by molar-refractivity contribution is -0.153. The number of hydrogen-bond donors (Lipinski definition) is 1.